The first-order chi connectivity index (χ1) is 10.6. The molecule has 0 aromatic heterocycles. The Morgan fingerprint density at radius 1 is 0.500 bits per heavy atom. The van der Waals surface area contributed by atoms with Gasteiger partial charge in [0.25, 0.3) is 0 Å². The molecule has 0 radical (unpaired) electrons. The molecule has 0 saturated carbocycles. The Balaban J connectivity index is 3.00. The van der Waals surface area contributed by atoms with Gasteiger partial charge in [0.1, 0.15) is 8.24 Å². The predicted molar refractivity (Wildman–Crippen MR) is 106 cm³/mol. The molecule has 1 N–H and O–H groups in total. The van der Waals surface area contributed by atoms with Crippen molar-refractivity contribution in [2.24, 2.45) is 0 Å². The fraction of sp³-hybridized carbons (Fsp3) is 1.00. The van der Waals surface area contributed by atoms with E-state index >= 15 is 0 Å². The molecule has 0 spiro atoms. The molecule has 0 amide bonds. The van der Waals surface area contributed by atoms with Crippen LogP contribution in [-0.4, -0.2) is 14.8 Å². The maximum atomic E-state index is 3.71. The highest BCUT2D eigenvalue weighted by Gasteiger charge is 2.10. The van der Waals surface area contributed by atoms with Gasteiger partial charge >= 0.3 is 0 Å². The Morgan fingerprint density at radius 3 is 1.14 bits per heavy atom. The number of hydrogen-bond donors (Lipinski definition) is 1. The average molecular weight is 328 g/mol. The van der Waals surface area contributed by atoms with Crippen molar-refractivity contribution in [3.63, 3.8) is 0 Å². The second kappa shape index (κ2) is 16.0. The fourth-order valence-electron chi connectivity index (χ4n) is 2.96. The van der Waals surface area contributed by atoms with Crippen LogP contribution in [0.1, 0.15) is 103 Å². The minimum absolute atomic E-state index is 1.01. The molecule has 0 aliphatic carbocycles. The van der Waals surface area contributed by atoms with E-state index in [-0.39, 0.29) is 0 Å². The maximum Gasteiger partial charge on any atom is 0.116 e. The molecule has 0 atom stereocenters. The Labute approximate surface area is 143 Å². The summed E-state index contributed by atoms with van der Waals surface area (Å²) < 4.78 is 0. The number of hydrogen-bond acceptors (Lipinski definition) is 1. The molecule has 0 aliphatic rings. The van der Waals surface area contributed by atoms with E-state index in [9.17, 15) is 0 Å². The van der Waals surface area contributed by atoms with Gasteiger partial charge in [0.15, 0.2) is 0 Å². The van der Waals surface area contributed by atoms with Gasteiger partial charge in [-0.05, 0) is 13.0 Å². The molecule has 2 heteroatoms. The summed E-state index contributed by atoms with van der Waals surface area (Å²) in [6, 6.07) is 0. The van der Waals surface area contributed by atoms with Crippen LogP contribution < -0.4 is 4.98 Å². The van der Waals surface area contributed by atoms with Crippen LogP contribution in [0.3, 0.4) is 0 Å². The van der Waals surface area contributed by atoms with E-state index < -0.39 is 8.24 Å². The van der Waals surface area contributed by atoms with Crippen LogP contribution >= 0.6 is 0 Å². The molecule has 0 fully saturated rings. The van der Waals surface area contributed by atoms with Crippen molar-refractivity contribution < 1.29 is 0 Å². The van der Waals surface area contributed by atoms with E-state index in [0.29, 0.717) is 0 Å². The van der Waals surface area contributed by atoms with Crippen LogP contribution in [0.15, 0.2) is 0 Å². The highest BCUT2D eigenvalue weighted by atomic mass is 28.3. The molecule has 0 saturated heterocycles. The van der Waals surface area contributed by atoms with Crippen molar-refractivity contribution in [1.82, 2.24) is 4.98 Å². The quantitative estimate of drug-likeness (QED) is 0.218. The van der Waals surface area contributed by atoms with Crippen molar-refractivity contribution in [1.29, 1.82) is 0 Å². The summed E-state index contributed by atoms with van der Waals surface area (Å²) in [6.07, 6.45) is 21.8. The summed E-state index contributed by atoms with van der Waals surface area (Å²) in [4.78, 5) is 3.71. The first kappa shape index (κ1) is 22.2. The highest BCUT2D eigenvalue weighted by molar-refractivity contribution is 6.73. The summed E-state index contributed by atoms with van der Waals surface area (Å²) in [5.41, 5.74) is 0. The monoisotopic (exact) mass is 327 g/mol. The second-order valence-electron chi connectivity index (χ2n) is 8.13. The lowest BCUT2D eigenvalue weighted by Crippen LogP contribution is -2.41. The zero-order valence-electron chi connectivity index (χ0n) is 16.3. The minimum Gasteiger partial charge on any atom is -0.337 e. The number of nitrogens with one attached hydrogen (secondary N) is 1. The fourth-order valence-corrected chi connectivity index (χ4v) is 3.89. The third kappa shape index (κ3) is 20.2. The smallest absolute Gasteiger partial charge is 0.116 e. The van der Waals surface area contributed by atoms with Gasteiger partial charge < -0.3 is 4.98 Å². The lowest BCUT2D eigenvalue weighted by atomic mass is 10.0. The number of unbranched alkanes of at least 4 members (excludes halogenated alkanes) is 14. The third-order valence-corrected chi connectivity index (χ3v) is 5.75. The molecule has 134 valence electrons. The van der Waals surface area contributed by atoms with Gasteiger partial charge in [-0.1, -0.05) is 116 Å². The van der Waals surface area contributed by atoms with Crippen molar-refractivity contribution >= 4 is 8.24 Å². The maximum absolute atomic E-state index is 3.71. The summed E-state index contributed by atoms with van der Waals surface area (Å²) in [7, 11) is -1.01. The van der Waals surface area contributed by atoms with Crippen LogP contribution in [0, 0.1) is 0 Å². The van der Waals surface area contributed by atoms with Crippen molar-refractivity contribution in [2.75, 3.05) is 6.54 Å². The van der Waals surface area contributed by atoms with Gasteiger partial charge in [-0.2, -0.15) is 0 Å². The van der Waals surface area contributed by atoms with Crippen LogP contribution in [0.4, 0.5) is 0 Å². The average Bonchev–Trinajstić information content (AvgIpc) is 2.45. The summed E-state index contributed by atoms with van der Waals surface area (Å²) in [6.45, 7) is 10.7. The molecule has 0 aromatic rings. The molecule has 0 unspecified atom stereocenters. The lowest BCUT2D eigenvalue weighted by molar-refractivity contribution is 0.532. The van der Waals surface area contributed by atoms with E-state index in [1.54, 1.807) is 0 Å². The third-order valence-electron chi connectivity index (χ3n) is 4.44. The molecular weight excluding hydrogens is 282 g/mol. The second-order valence-corrected chi connectivity index (χ2v) is 13.0. The predicted octanol–water partition coefficient (Wildman–Crippen LogP) is 7.28. The van der Waals surface area contributed by atoms with Gasteiger partial charge in [-0.3, -0.25) is 0 Å². The van der Waals surface area contributed by atoms with Crippen LogP contribution in [0.2, 0.25) is 19.6 Å². The standard InChI is InChI=1S/C20H45NSi/c1-5-6-7-8-9-10-11-12-13-14-15-16-17-18-19-20-21-22(2,3)4/h21H,5-20H2,1-4H3. The van der Waals surface area contributed by atoms with Crippen molar-refractivity contribution in [3.8, 4) is 0 Å². The zero-order valence-corrected chi connectivity index (χ0v) is 17.3. The van der Waals surface area contributed by atoms with Crippen LogP contribution in [0.25, 0.3) is 0 Å². The van der Waals surface area contributed by atoms with E-state index in [1.807, 2.05) is 0 Å². The Morgan fingerprint density at radius 2 is 0.818 bits per heavy atom. The van der Waals surface area contributed by atoms with Gasteiger partial charge in [-0.25, -0.2) is 0 Å². The largest absolute Gasteiger partial charge is 0.337 e. The molecule has 0 aliphatic heterocycles. The topological polar surface area (TPSA) is 12.0 Å². The van der Waals surface area contributed by atoms with E-state index in [4.69, 9.17) is 0 Å². The summed E-state index contributed by atoms with van der Waals surface area (Å²) in [5.74, 6) is 0. The Kier molecular flexibility index (Phi) is 16.2. The highest BCUT2D eigenvalue weighted by Crippen LogP contribution is 2.13. The molecular formula is C20H45NSi. The normalized spacial score (nSPS) is 12.0. The SMILES string of the molecule is CCCCCCCCCCCCCCCCCN[Si](C)(C)C. The molecule has 0 rings (SSSR count). The van der Waals surface area contributed by atoms with Crippen molar-refractivity contribution in [2.45, 2.75) is 123 Å². The van der Waals surface area contributed by atoms with Crippen LogP contribution in [0.5, 0.6) is 0 Å². The summed E-state index contributed by atoms with van der Waals surface area (Å²) in [5, 5.41) is 0. The number of rotatable bonds is 17. The van der Waals surface area contributed by atoms with Gasteiger partial charge in [0, 0.05) is 0 Å². The zero-order chi connectivity index (χ0) is 16.5. The Hall–Kier alpha value is 0.177. The molecule has 0 aromatic carbocycles. The van der Waals surface area contributed by atoms with E-state index in [0.717, 1.165) is 0 Å². The first-order valence-corrected chi connectivity index (χ1v) is 13.8. The summed E-state index contributed by atoms with van der Waals surface area (Å²) >= 11 is 0. The molecule has 0 bridgehead atoms. The van der Waals surface area contributed by atoms with Gasteiger partial charge in [0.2, 0.25) is 0 Å². The van der Waals surface area contributed by atoms with Crippen molar-refractivity contribution in [3.05, 3.63) is 0 Å². The van der Waals surface area contributed by atoms with E-state index in [2.05, 4.69) is 31.5 Å². The minimum atomic E-state index is -1.01. The Bertz CT molecular complexity index is 210. The van der Waals surface area contributed by atoms with E-state index in [1.165, 1.54) is 103 Å². The van der Waals surface area contributed by atoms with Gasteiger partial charge in [-0.15, -0.1) is 0 Å². The molecule has 22 heavy (non-hydrogen) atoms. The molecule has 0 heterocycles. The lowest BCUT2D eigenvalue weighted by Gasteiger charge is -2.17. The molecule has 1 nitrogen and oxygen atoms in total. The first-order valence-electron chi connectivity index (χ1n) is 10.3. The van der Waals surface area contributed by atoms with Crippen LogP contribution in [-0.2, 0) is 0 Å². The van der Waals surface area contributed by atoms with Gasteiger partial charge in [0.05, 0.1) is 0 Å².